The highest BCUT2D eigenvalue weighted by molar-refractivity contribution is 5.77. The molecule has 1 amide bonds. The van der Waals surface area contributed by atoms with Crippen molar-refractivity contribution >= 4 is 5.91 Å². The maximum atomic E-state index is 11.9. The van der Waals surface area contributed by atoms with Crippen LogP contribution in [0.25, 0.3) is 0 Å². The summed E-state index contributed by atoms with van der Waals surface area (Å²) in [6.45, 7) is 3.80. The van der Waals surface area contributed by atoms with Gasteiger partial charge in [-0.2, -0.15) is 0 Å². The summed E-state index contributed by atoms with van der Waals surface area (Å²) in [7, 11) is 0. The van der Waals surface area contributed by atoms with Crippen molar-refractivity contribution in [3.8, 4) is 5.75 Å². The Balaban J connectivity index is 1.82. The van der Waals surface area contributed by atoms with E-state index in [2.05, 4.69) is 0 Å². The molecule has 0 radical (unpaired) electrons. The molecule has 1 aromatic carbocycles. The first-order valence-electron chi connectivity index (χ1n) is 6.93. The topological polar surface area (TPSA) is 55.6 Å². The second kappa shape index (κ2) is 6.57. The monoisotopic (exact) mass is 262 g/mol. The van der Waals surface area contributed by atoms with Gasteiger partial charge in [-0.1, -0.05) is 12.1 Å². The molecule has 1 aliphatic heterocycles. The zero-order valence-corrected chi connectivity index (χ0v) is 11.5. The molecule has 1 saturated heterocycles. The van der Waals surface area contributed by atoms with Gasteiger partial charge in [-0.3, -0.25) is 4.79 Å². The molecule has 2 N–H and O–H groups in total. The number of nitrogens with zero attached hydrogens (tertiary/aromatic N) is 1. The lowest BCUT2D eigenvalue weighted by molar-refractivity contribution is -0.134. The van der Waals surface area contributed by atoms with Gasteiger partial charge in [0.05, 0.1) is 0 Å². The number of rotatable bonds is 4. The molecule has 1 fully saturated rings. The van der Waals surface area contributed by atoms with E-state index in [1.165, 1.54) is 6.42 Å². The third-order valence-corrected chi connectivity index (χ3v) is 3.48. The lowest BCUT2D eigenvalue weighted by atomic mass is 10.1. The first kappa shape index (κ1) is 13.9. The Labute approximate surface area is 114 Å². The number of nitrogens with two attached hydrogens (primary N) is 1. The van der Waals surface area contributed by atoms with E-state index in [1.54, 1.807) is 0 Å². The van der Waals surface area contributed by atoms with Crippen molar-refractivity contribution in [1.29, 1.82) is 0 Å². The molecule has 0 spiro atoms. The maximum absolute atomic E-state index is 11.9. The normalized spacial score (nSPS) is 17.1. The second-order valence-corrected chi connectivity index (χ2v) is 5.09. The largest absolute Gasteiger partial charge is 0.484 e. The summed E-state index contributed by atoms with van der Waals surface area (Å²) in [5.74, 6) is 0.797. The van der Waals surface area contributed by atoms with Crippen LogP contribution in [0.5, 0.6) is 5.75 Å². The molecule has 0 aliphatic carbocycles. The van der Waals surface area contributed by atoms with Gasteiger partial charge in [-0.25, -0.2) is 0 Å². The van der Waals surface area contributed by atoms with Crippen LogP contribution in [0.1, 0.15) is 37.8 Å². The standard InChI is InChI=1S/C15H22N2O2/c1-12(16)13-5-7-14(8-6-13)19-11-15(18)17-9-3-2-4-10-17/h5-8,12H,2-4,9-11,16H2,1H3/t12-/m0/s1. The van der Waals surface area contributed by atoms with Crippen molar-refractivity contribution in [1.82, 2.24) is 4.90 Å². The summed E-state index contributed by atoms with van der Waals surface area (Å²) in [6, 6.07) is 7.62. The summed E-state index contributed by atoms with van der Waals surface area (Å²) in [5.41, 5.74) is 6.85. The quantitative estimate of drug-likeness (QED) is 0.904. The average Bonchev–Trinajstić information content (AvgIpc) is 2.46. The molecule has 0 saturated carbocycles. The van der Waals surface area contributed by atoms with Gasteiger partial charge >= 0.3 is 0 Å². The van der Waals surface area contributed by atoms with Crippen LogP contribution in [0.3, 0.4) is 0 Å². The van der Waals surface area contributed by atoms with Gasteiger partial charge in [0.1, 0.15) is 5.75 Å². The highest BCUT2D eigenvalue weighted by Crippen LogP contribution is 2.16. The molecule has 0 bridgehead atoms. The predicted octanol–water partition coefficient (Wildman–Crippen LogP) is 2.10. The van der Waals surface area contributed by atoms with E-state index in [4.69, 9.17) is 10.5 Å². The molecule has 0 aromatic heterocycles. The fourth-order valence-electron chi connectivity index (χ4n) is 2.25. The van der Waals surface area contributed by atoms with Gasteiger partial charge in [-0.05, 0) is 43.9 Å². The minimum atomic E-state index is 0.0176. The van der Waals surface area contributed by atoms with Crippen molar-refractivity contribution in [3.63, 3.8) is 0 Å². The average molecular weight is 262 g/mol. The van der Waals surface area contributed by atoms with Gasteiger partial charge in [-0.15, -0.1) is 0 Å². The molecule has 1 heterocycles. The summed E-state index contributed by atoms with van der Waals surface area (Å²) in [4.78, 5) is 13.8. The summed E-state index contributed by atoms with van der Waals surface area (Å²) < 4.78 is 5.52. The number of hydrogen-bond donors (Lipinski definition) is 1. The Hall–Kier alpha value is -1.55. The minimum Gasteiger partial charge on any atom is -0.484 e. The van der Waals surface area contributed by atoms with E-state index < -0.39 is 0 Å². The van der Waals surface area contributed by atoms with Crippen LogP contribution >= 0.6 is 0 Å². The van der Waals surface area contributed by atoms with Crippen molar-refractivity contribution in [2.75, 3.05) is 19.7 Å². The number of carbonyl (C=O) groups is 1. The number of ether oxygens (including phenoxy) is 1. The fourth-order valence-corrected chi connectivity index (χ4v) is 2.25. The molecular weight excluding hydrogens is 240 g/mol. The third-order valence-electron chi connectivity index (χ3n) is 3.48. The Morgan fingerprint density at radius 1 is 1.26 bits per heavy atom. The first-order valence-corrected chi connectivity index (χ1v) is 6.93. The van der Waals surface area contributed by atoms with E-state index in [9.17, 15) is 4.79 Å². The number of amides is 1. The van der Waals surface area contributed by atoms with E-state index in [-0.39, 0.29) is 18.6 Å². The highest BCUT2D eigenvalue weighted by Gasteiger charge is 2.16. The van der Waals surface area contributed by atoms with Gasteiger partial charge < -0.3 is 15.4 Å². The predicted molar refractivity (Wildman–Crippen MR) is 75.0 cm³/mol. The number of likely N-dealkylation sites (tertiary alicyclic amines) is 1. The molecule has 2 rings (SSSR count). The van der Waals surface area contributed by atoms with Crippen LogP contribution in [-0.2, 0) is 4.79 Å². The molecule has 1 aliphatic rings. The summed E-state index contributed by atoms with van der Waals surface area (Å²) >= 11 is 0. The SMILES string of the molecule is C[C@H](N)c1ccc(OCC(=O)N2CCCCC2)cc1. The van der Waals surface area contributed by atoms with Crippen LogP contribution in [0, 0.1) is 0 Å². The summed E-state index contributed by atoms with van der Waals surface area (Å²) in [6.07, 6.45) is 3.44. The van der Waals surface area contributed by atoms with E-state index in [0.29, 0.717) is 0 Å². The number of benzene rings is 1. The molecule has 19 heavy (non-hydrogen) atoms. The Morgan fingerprint density at radius 2 is 1.89 bits per heavy atom. The molecular formula is C15H22N2O2. The van der Waals surface area contributed by atoms with Crippen LogP contribution in [0.15, 0.2) is 24.3 Å². The van der Waals surface area contributed by atoms with Crippen LogP contribution in [0.2, 0.25) is 0 Å². The number of carbonyl (C=O) groups excluding carboxylic acids is 1. The highest BCUT2D eigenvalue weighted by atomic mass is 16.5. The number of hydrogen-bond acceptors (Lipinski definition) is 3. The van der Waals surface area contributed by atoms with E-state index >= 15 is 0 Å². The Morgan fingerprint density at radius 3 is 2.47 bits per heavy atom. The van der Waals surface area contributed by atoms with Crippen molar-refractivity contribution in [2.45, 2.75) is 32.2 Å². The van der Waals surface area contributed by atoms with E-state index in [0.717, 1.165) is 37.2 Å². The minimum absolute atomic E-state index is 0.0176. The zero-order valence-electron chi connectivity index (χ0n) is 11.5. The molecule has 4 nitrogen and oxygen atoms in total. The van der Waals surface area contributed by atoms with Crippen LogP contribution < -0.4 is 10.5 Å². The van der Waals surface area contributed by atoms with Crippen molar-refractivity contribution in [2.24, 2.45) is 5.73 Å². The third kappa shape index (κ3) is 3.96. The van der Waals surface area contributed by atoms with Gasteiger partial charge in [0.25, 0.3) is 5.91 Å². The molecule has 0 unspecified atom stereocenters. The molecule has 104 valence electrons. The maximum Gasteiger partial charge on any atom is 0.260 e. The van der Waals surface area contributed by atoms with E-state index in [1.807, 2.05) is 36.1 Å². The molecule has 4 heteroatoms. The first-order chi connectivity index (χ1) is 9.16. The van der Waals surface area contributed by atoms with Crippen LogP contribution in [-0.4, -0.2) is 30.5 Å². The van der Waals surface area contributed by atoms with Gasteiger partial charge in [0.15, 0.2) is 6.61 Å². The Bertz CT molecular complexity index is 409. The smallest absolute Gasteiger partial charge is 0.260 e. The van der Waals surface area contributed by atoms with Gasteiger partial charge in [0, 0.05) is 19.1 Å². The van der Waals surface area contributed by atoms with Crippen molar-refractivity contribution in [3.05, 3.63) is 29.8 Å². The zero-order chi connectivity index (χ0) is 13.7. The van der Waals surface area contributed by atoms with Crippen LogP contribution in [0.4, 0.5) is 0 Å². The molecule has 1 atom stereocenters. The second-order valence-electron chi connectivity index (χ2n) is 5.09. The number of piperidine rings is 1. The molecule has 1 aromatic rings. The lowest BCUT2D eigenvalue weighted by Gasteiger charge is -2.26. The van der Waals surface area contributed by atoms with Crippen molar-refractivity contribution < 1.29 is 9.53 Å². The van der Waals surface area contributed by atoms with Gasteiger partial charge in [0.2, 0.25) is 0 Å². The fraction of sp³-hybridized carbons (Fsp3) is 0.533. The lowest BCUT2D eigenvalue weighted by Crippen LogP contribution is -2.38. The summed E-state index contributed by atoms with van der Waals surface area (Å²) in [5, 5.41) is 0. The Kier molecular flexibility index (Phi) is 4.80.